The molecule has 0 saturated carbocycles. The Labute approximate surface area is 143 Å². The number of nitrogens with zero attached hydrogens (tertiary/aromatic N) is 2. The van der Waals surface area contributed by atoms with Crippen LogP contribution in [0.25, 0.3) is 0 Å². The van der Waals surface area contributed by atoms with Crippen molar-refractivity contribution in [1.82, 2.24) is 14.8 Å². The fraction of sp³-hybridized carbons (Fsp3) is 0.812. The highest BCUT2D eigenvalue weighted by molar-refractivity contribution is 7.89. The SMILES string of the molecule is CCS(=O)(=O)NC[C@@H]1CCC[C@]2(CCN(Cc3cc(C)on3)C2)O1. The molecule has 0 aliphatic carbocycles. The van der Waals surface area contributed by atoms with Crippen molar-refractivity contribution in [3.8, 4) is 0 Å². The number of likely N-dealkylation sites (tertiary alicyclic amines) is 1. The molecule has 1 aromatic rings. The van der Waals surface area contributed by atoms with Crippen LogP contribution in [-0.4, -0.2) is 55.6 Å². The molecule has 3 rings (SSSR count). The van der Waals surface area contributed by atoms with E-state index < -0.39 is 10.0 Å². The van der Waals surface area contributed by atoms with E-state index in [2.05, 4.69) is 14.8 Å². The lowest BCUT2D eigenvalue weighted by Gasteiger charge is -2.38. The quantitative estimate of drug-likeness (QED) is 0.829. The maximum Gasteiger partial charge on any atom is 0.211 e. The molecule has 1 aromatic heterocycles. The summed E-state index contributed by atoms with van der Waals surface area (Å²) in [5.74, 6) is 0.937. The Morgan fingerprint density at radius 3 is 3.00 bits per heavy atom. The Kier molecular flexibility index (Phi) is 5.29. The van der Waals surface area contributed by atoms with Crippen LogP contribution in [0.1, 0.15) is 44.1 Å². The van der Waals surface area contributed by atoms with Crippen LogP contribution >= 0.6 is 0 Å². The van der Waals surface area contributed by atoms with Gasteiger partial charge in [0.05, 0.1) is 23.2 Å². The first-order chi connectivity index (χ1) is 11.4. The first-order valence-corrected chi connectivity index (χ1v) is 10.3. The van der Waals surface area contributed by atoms with Gasteiger partial charge in [-0.25, -0.2) is 13.1 Å². The zero-order valence-corrected chi connectivity index (χ0v) is 15.3. The van der Waals surface area contributed by atoms with Crippen molar-refractivity contribution < 1.29 is 17.7 Å². The number of aromatic nitrogens is 1. The maximum atomic E-state index is 11.6. The average Bonchev–Trinajstić information content (AvgIpc) is 3.13. The van der Waals surface area contributed by atoms with Crippen LogP contribution in [0.2, 0.25) is 0 Å². The summed E-state index contributed by atoms with van der Waals surface area (Å²) >= 11 is 0. The lowest BCUT2D eigenvalue weighted by molar-refractivity contribution is -0.118. The molecule has 0 bridgehead atoms. The van der Waals surface area contributed by atoms with Crippen molar-refractivity contribution >= 4 is 10.0 Å². The van der Waals surface area contributed by atoms with Crippen LogP contribution in [0.3, 0.4) is 0 Å². The van der Waals surface area contributed by atoms with E-state index >= 15 is 0 Å². The lowest BCUT2D eigenvalue weighted by atomic mass is 9.90. The molecule has 2 saturated heterocycles. The predicted molar refractivity (Wildman–Crippen MR) is 90.1 cm³/mol. The molecule has 0 amide bonds. The van der Waals surface area contributed by atoms with Gasteiger partial charge >= 0.3 is 0 Å². The molecule has 136 valence electrons. The van der Waals surface area contributed by atoms with Crippen LogP contribution in [0.5, 0.6) is 0 Å². The second kappa shape index (κ2) is 7.11. The van der Waals surface area contributed by atoms with Gasteiger partial charge in [0.1, 0.15) is 5.76 Å². The molecule has 8 heteroatoms. The highest BCUT2D eigenvalue weighted by Gasteiger charge is 2.43. The van der Waals surface area contributed by atoms with Gasteiger partial charge in [0, 0.05) is 32.2 Å². The standard InChI is InChI=1S/C16H27N3O4S/c1-3-24(20,21)17-10-15-5-4-6-16(22-15)7-8-19(12-16)11-14-9-13(2)23-18-14/h9,15,17H,3-8,10-12H2,1-2H3/t15-,16+/m0/s1. The van der Waals surface area contributed by atoms with Gasteiger partial charge in [-0.05, 0) is 39.5 Å². The molecule has 2 aliphatic heterocycles. The van der Waals surface area contributed by atoms with Crippen LogP contribution in [0, 0.1) is 6.92 Å². The van der Waals surface area contributed by atoms with Crippen LogP contribution in [0.15, 0.2) is 10.6 Å². The summed E-state index contributed by atoms with van der Waals surface area (Å²) in [6.45, 7) is 6.53. The van der Waals surface area contributed by atoms with Crippen molar-refractivity contribution in [3.05, 3.63) is 17.5 Å². The molecule has 7 nitrogen and oxygen atoms in total. The van der Waals surface area contributed by atoms with Crippen molar-refractivity contribution in [2.24, 2.45) is 0 Å². The summed E-state index contributed by atoms with van der Waals surface area (Å²) in [6, 6.07) is 1.97. The maximum absolute atomic E-state index is 11.6. The van der Waals surface area contributed by atoms with E-state index in [-0.39, 0.29) is 17.5 Å². The summed E-state index contributed by atoms with van der Waals surface area (Å²) in [5.41, 5.74) is 0.812. The number of nitrogens with one attached hydrogen (secondary N) is 1. The average molecular weight is 357 g/mol. The van der Waals surface area contributed by atoms with Gasteiger partial charge in [0.15, 0.2) is 0 Å². The minimum Gasteiger partial charge on any atom is -0.369 e. The van der Waals surface area contributed by atoms with E-state index in [1.54, 1.807) is 6.92 Å². The largest absolute Gasteiger partial charge is 0.369 e. The molecule has 1 spiro atoms. The minimum atomic E-state index is -3.16. The highest BCUT2D eigenvalue weighted by atomic mass is 32.2. The van der Waals surface area contributed by atoms with Gasteiger partial charge in [-0.15, -0.1) is 0 Å². The topological polar surface area (TPSA) is 84.7 Å². The van der Waals surface area contributed by atoms with E-state index in [1.165, 1.54) is 0 Å². The molecule has 0 unspecified atom stereocenters. The Bertz CT molecular complexity index is 660. The monoisotopic (exact) mass is 357 g/mol. The van der Waals surface area contributed by atoms with Gasteiger partial charge in [0.25, 0.3) is 0 Å². The van der Waals surface area contributed by atoms with Crippen molar-refractivity contribution in [3.63, 3.8) is 0 Å². The second-order valence-electron chi connectivity index (χ2n) is 6.96. The molecule has 1 N–H and O–H groups in total. The van der Waals surface area contributed by atoms with Gasteiger partial charge < -0.3 is 9.26 Å². The summed E-state index contributed by atoms with van der Waals surface area (Å²) in [6.07, 6.45) is 3.99. The van der Waals surface area contributed by atoms with E-state index in [9.17, 15) is 8.42 Å². The van der Waals surface area contributed by atoms with Gasteiger partial charge in [-0.2, -0.15) is 0 Å². The first-order valence-electron chi connectivity index (χ1n) is 8.69. The normalized spacial score (nSPS) is 28.7. The highest BCUT2D eigenvalue weighted by Crippen LogP contribution is 2.37. The zero-order valence-electron chi connectivity index (χ0n) is 14.5. The number of sulfonamides is 1. The number of ether oxygens (including phenoxy) is 1. The number of hydrogen-bond donors (Lipinski definition) is 1. The first kappa shape index (κ1) is 17.8. The summed E-state index contributed by atoms with van der Waals surface area (Å²) in [5, 5.41) is 4.06. The Hall–Kier alpha value is -0.960. The molecule has 2 atom stereocenters. The van der Waals surface area contributed by atoms with Crippen LogP contribution < -0.4 is 4.72 Å². The van der Waals surface area contributed by atoms with Crippen molar-refractivity contribution in [1.29, 1.82) is 0 Å². The van der Waals surface area contributed by atoms with Gasteiger partial charge in [-0.3, -0.25) is 4.90 Å². The van der Waals surface area contributed by atoms with Crippen LogP contribution in [-0.2, 0) is 21.3 Å². The molecule has 0 aromatic carbocycles. The lowest BCUT2D eigenvalue weighted by Crippen LogP contribution is -2.46. The Morgan fingerprint density at radius 1 is 1.46 bits per heavy atom. The van der Waals surface area contributed by atoms with E-state index in [0.717, 1.165) is 56.8 Å². The molecule has 0 radical (unpaired) electrons. The smallest absolute Gasteiger partial charge is 0.211 e. The number of aryl methyl sites for hydroxylation is 1. The van der Waals surface area contributed by atoms with E-state index in [1.807, 2.05) is 13.0 Å². The molecule has 3 heterocycles. The molecule has 2 fully saturated rings. The second-order valence-corrected chi connectivity index (χ2v) is 9.05. The third-order valence-corrected chi connectivity index (χ3v) is 6.31. The third-order valence-electron chi connectivity index (χ3n) is 4.94. The molecular formula is C16H27N3O4S. The molecular weight excluding hydrogens is 330 g/mol. The van der Waals surface area contributed by atoms with Crippen molar-refractivity contribution in [2.45, 2.75) is 57.8 Å². The third kappa shape index (κ3) is 4.36. The summed E-state index contributed by atoms with van der Waals surface area (Å²) < 4.78 is 37.4. The Balaban J connectivity index is 1.54. The van der Waals surface area contributed by atoms with E-state index in [0.29, 0.717) is 6.54 Å². The minimum absolute atomic E-state index is 0.0330. The fourth-order valence-electron chi connectivity index (χ4n) is 3.67. The van der Waals surface area contributed by atoms with E-state index in [4.69, 9.17) is 9.26 Å². The van der Waals surface area contributed by atoms with Gasteiger partial charge in [-0.1, -0.05) is 5.16 Å². The summed E-state index contributed by atoms with van der Waals surface area (Å²) in [4.78, 5) is 2.34. The zero-order chi connectivity index (χ0) is 17.2. The molecule has 24 heavy (non-hydrogen) atoms. The van der Waals surface area contributed by atoms with Crippen LogP contribution in [0.4, 0.5) is 0 Å². The van der Waals surface area contributed by atoms with Gasteiger partial charge in [0.2, 0.25) is 10.0 Å². The number of hydrogen-bond acceptors (Lipinski definition) is 6. The number of rotatable bonds is 6. The fourth-order valence-corrected chi connectivity index (χ4v) is 4.32. The summed E-state index contributed by atoms with van der Waals surface area (Å²) in [7, 11) is -3.16. The molecule has 2 aliphatic rings. The Morgan fingerprint density at radius 2 is 2.29 bits per heavy atom. The van der Waals surface area contributed by atoms with Crippen molar-refractivity contribution in [2.75, 3.05) is 25.4 Å². The predicted octanol–water partition coefficient (Wildman–Crippen LogP) is 1.44.